The molecule has 0 aromatic heterocycles. The van der Waals surface area contributed by atoms with E-state index in [9.17, 15) is 9.59 Å². The van der Waals surface area contributed by atoms with Gasteiger partial charge in [0, 0.05) is 12.8 Å². The zero-order valence-corrected chi connectivity index (χ0v) is 16.4. The fraction of sp³-hybridized carbons (Fsp3) is 0.636. The van der Waals surface area contributed by atoms with Gasteiger partial charge in [-0.25, -0.2) is 4.90 Å². The second-order valence-electron chi connectivity index (χ2n) is 9.10. The Kier molecular flexibility index (Phi) is 3.94. The van der Waals surface area contributed by atoms with Crippen LogP contribution in [0.15, 0.2) is 30.3 Å². The molecule has 4 saturated heterocycles. The van der Waals surface area contributed by atoms with Crippen molar-refractivity contribution < 1.29 is 23.9 Å². The molecule has 0 radical (unpaired) electrons. The molecule has 1 aromatic rings. The third-order valence-electron chi connectivity index (χ3n) is 7.45. The average molecular weight is 398 g/mol. The molecule has 5 fully saturated rings. The van der Waals surface area contributed by atoms with Crippen molar-refractivity contribution in [3.05, 3.63) is 30.3 Å². The van der Waals surface area contributed by atoms with Crippen LogP contribution in [0.1, 0.15) is 44.9 Å². The third-order valence-corrected chi connectivity index (χ3v) is 7.45. The number of hydroxylamine groups is 2. The van der Waals surface area contributed by atoms with Crippen LogP contribution in [0.4, 0.5) is 5.69 Å². The highest BCUT2D eigenvalue weighted by Crippen LogP contribution is 2.51. The largest absolute Gasteiger partial charge is 0.348 e. The standard InChI is InChI=1S/C22H26N2O5/c25-19-17-16-9-12-21(13-27-22(28-14-21)10-5-2-6-11-22)24(16)29-18(17)20(26)23(19)15-7-3-1-4-8-15/h1,3-4,7-8,16-18H,2,5-6,9-14H2/t16-,17-,18+/m1/s1. The van der Waals surface area contributed by atoms with Crippen LogP contribution in [0.3, 0.4) is 0 Å². The molecule has 0 N–H and O–H groups in total. The van der Waals surface area contributed by atoms with Crippen LogP contribution in [0.2, 0.25) is 0 Å². The summed E-state index contributed by atoms with van der Waals surface area (Å²) in [6.45, 7) is 1.07. The number of hydrogen-bond donors (Lipinski definition) is 0. The van der Waals surface area contributed by atoms with E-state index in [0.717, 1.165) is 38.5 Å². The summed E-state index contributed by atoms with van der Waals surface area (Å²) >= 11 is 0. The number of ether oxygens (including phenoxy) is 2. The van der Waals surface area contributed by atoms with Crippen molar-refractivity contribution in [1.82, 2.24) is 5.06 Å². The van der Waals surface area contributed by atoms with Gasteiger partial charge in [-0.1, -0.05) is 24.6 Å². The summed E-state index contributed by atoms with van der Waals surface area (Å²) in [7, 11) is 0. The summed E-state index contributed by atoms with van der Waals surface area (Å²) in [5.41, 5.74) is 0.221. The average Bonchev–Trinajstić information content (AvgIpc) is 3.37. The van der Waals surface area contributed by atoms with Crippen molar-refractivity contribution in [1.29, 1.82) is 0 Å². The van der Waals surface area contributed by atoms with E-state index in [2.05, 4.69) is 0 Å². The molecule has 2 amide bonds. The smallest absolute Gasteiger partial charge is 0.265 e. The number of amides is 2. The Morgan fingerprint density at radius 3 is 2.34 bits per heavy atom. The van der Waals surface area contributed by atoms with E-state index < -0.39 is 23.3 Å². The van der Waals surface area contributed by atoms with Gasteiger partial charge in [0.1, 0.15) is 0 Å². The monoisotopic (exact) mass is 398 g/mol. The molecule has 4 heterocycles. The van der Waals surface area contributed by atoms with Crippen molar-refractivity contribution in [3.63, 3.8) is 0 Å². The SMILES string of the molecule is O=C1[C@H]2[C@H](ON3[C@@H]2CCC32COC3(CCCCC3)OC2)C(=O)N1c1ccccc1. The third kappa shape index (κ3) is 2.51. The molecule has 7 heteroatoms. The maximum absolute atomic E-state index is 13.2. The molecule has 154 valence electrons. The highest BCUT2D eigenvalue weighted by atomic mass is 16.7. The van der Waals surface area contributed by atoms with E-state index in [1.165, 1.54) is 11.3 Å². The molecule has 3 atom stereocenters. The van der Waals surface area contributed by atoms with E-state index in [0.29, 0.717) is 18.9 Å². The second kappa shape index (κ2) is 6.35. The Labute approximate surface area is 169 Å². The molecule has 0 unspecified atom stereocenters. The van der Waals surface area contributed by atoms with Gasteiger partial charge in [0.25, 0.3) is 5.91 Å². The van der Waals surface area contributed by atoms with Crippen LogP contribution in [0, 0.1) is 5.92 Å². The van der Waals surface area contributed by atoms with Crippen molar-refractivity contribution in [2.24, 2.45) is 5.92 Å². The van der Waals surface area contributed by atoms with Gasteiger partial charge in [-0.2, -0.15) is 5.06 Å². The number of benzene rings is 1. The number of nitrogens with zero attached hydrogens (tertiary/aromatic N) is 2. The molecule has 7 nitrogen and oxygen atoms in total. The number of hydrogen-bond acceptors (Lipinski definition) is 6. The molecule has 0 bridgehead atoms. The summed E-state index contributed by atoms with van der Waals surface area (Å²) in [5, 5.41) is 1.90. The summed E-state index contributed by atoms with van der Waals surface area (Å²) in [4.78, 5) is 33.7. The lowest BCUT2D eigenvalue weighted by Gasteiger charge is -2.48. The van der Waals surface area contributed by atoms with E-state index in [1.54, 1.807) is 12.1 Å². The minimum Gasteiger partial charge on any atom is -0.348 e. The Bertz CT molecular complexity index is 827. The lowest BCUT2D eigenvalue weighted by molar-refractivity contribution is -0.342. The van der Waals surface area contributed by atoms with Crippen LogP contribution in [0.25, 0.3) is 0 Å². The first-order chi connectivity index (χ1) is 14.1. The molecular weight excluding hydrogens is 372 g/mol. The van der Waals surface area contributed by atoms with Gasteiger partial charge in [-0.15, -0.1) is 0 Å². The van der Waals surface area contributed by atoms with Crippen molar-refractivity contribution >= 4 is 17.5 Å². The number of carbonyl (C=O) groups excluding carboxylic acids is 2. The minimum atomic E-state index is -0.740. The molecule has 1 saturated carbocycles. The van der Waals surface area contributed by atoms with Gasteiger partial charge >= 0.3 is 0 Å². The first-order valence-corrected chi connectivity index (χ1v) is 10.8. The number of carbonyl (C=O) groups is 2. The fourth-order valence-corrected chi connectivity index (χ4v) is 5.88. The molecule has 2 spiro atoms. The van der Waals surface area contributed by atoms with Gasteiger partial charge in [0.15, 0.2) is 11.9 Å². The highest BCUT2D eigenvalue weighted by Gasteiger charge is 2.66. The van der Waals surface area contributed by atoms with Crippen molar-refractivity contribution in [2.45, 2.75) is 68.4 Å². The zero-order valence-electron chi connectivity index (χ0n) is 16.4. The highest BCUT2D eigenvalue weighted by molar-refractivity contribution is 6.23. The lowest BCUT2D eigenvalue weighted by atomic mass is 9.90. The van der Waals surface area contributed by atoms with E-state index in [4.69, 9.17) is 14.3 Å². The zero-order chi connectivity index (χ0) is 19.6. The molecule has 1 aliphatic carbocycles. The Balaban J connectivity index is 1.22. The van der Waals surface area contributed by atoms with E-state index in [1.807, 2.05) is 23.3 Å². The minimum absolute atomic E-state index is 0.0993. The number of anilines is 1. The van der Waals surface area contributed by atoms with Crippen molar-refractivity contribution in [3.8, 4) is 0 Å². The molecule has 29 heavy (non-hydrogen) atoms. The maximum atomic E-state index is 13.2. The molecular formula is C22H26N2O5. The maximum Gasteiger partial charge on any atom is 0.265 e. The summed E-state index contributed by atoms with van der Waals surface area (Å²) < 4.78 is 12.6. The fourth-order valence-electron chi connectivity index (χ4n) is 5.88. The van der Waals surface area contributed by atoms with Crippen LogP contribution in [-0.2, 0) is 23.9 Å². The summed E-state index contributed by atoms with van der Waals surface area (Å²) in [6, 6.07) is 9.02. The van der Waals surface area contributed by atoms with Crippen LogP contribution < -0.4 is 4.90 Å². The predicted molar refractivity (Wildman–Crippen MR) is 103 cm³/mol. The van der Waals surface area contributed by atoms with Crippen molar-refractivity contribution in [2.75, 3.05) is 18.1 Å². The summed E-state index contributed by atoms with van der Waals surface area (Å²) in [6.07, 6.45) is 6.32. The van der Waals surface area contributed by atoms with Gasteiger partial charge < -0.3 is 9.47 Å². The first-order valence-electron chi connectivity index (χ1n) is 10.8. The lowest BCUT2D eigenvalue weighted by Crippen LogP contribution is -2.60. The molecule has 4 aliphatic heterocycles. The normalized spacial score (nSPS) is 35.4. The van der Waals surface area contributed by atoms with Crippen LogP contribution in [0.5, 0.6) is 0 Å². The quantitative estimate of drug-likeness (QED) is 0.677. The Morgan fingerprint density at radius 1 is 0.897 bits per heavy atom. The number of para-hydroxylation sites is 1. The van der Waals surface area contributed by atoms with Crippen LogP contribution >= 0.6 is 0 Å². The Hall–Kier alpha value is -1.80. The predicted octanol–water partition coefficient (Wildman–Crippen LogP) is 2.40. The topological polar surface area (TPSA) is 68.3 Å². The van der Waals surface area contributed by atoms with Gasteiger partial charge in [-0.05, 0) is 37.8 Å². The number of imide groups is 1. The van der Waals surface area contributed by atoms with Gasteiger partial charge in [0.2, 0.25) is 5.91 Å². The Morgan fingerprint density at radius 2 is 1.62 bits per heavy atom. The molecule has 6 rings (SSSR count). The second-order valence-corrected chi connectivity index (χ2v) is 9.10. The number of rotatable bonds is 1. The van der Waals surface area contributed by atoms with Crippen LogP contribution in [-0.4, -0.2) is 53.6 Å². The summed E-state index contributed by atoms with van der Waals surface area (Å²) in [5.74, 6) is -1.31. The van der Waals surface area contributed by atoms with E-state index >= 15 is 0 Å². The van der Waals surface area contributed by atoms with E-state index in [-0.39, 0.29) is 17.9 Å². The molecule has 5 aliphatic rings. The molecule has 1 aromatic carbocycles. The first kappa shape index (κ1) is 18.0. The van der Waals surface area contributed by atoms with Gasteiger partial charge in [0.05, 0.1) is 36.4 Å². The van der Waals surface area contributed by atoms with Gasteiger partial charge in [-0.3, -0.25) is 14.4 Å². The number of fused-ring (bicyclic) bond motifs is 4.